The van der Waals surface area contributed by atoms with Crippen molar-refractivity contribution in [1.82, 2.24) is 5.32 Å². The second-order valence-corrected chi connectivity index (χ2v) is 6.87. The highest BCUT2D eigenvalue weighted by atomic mass is 16.5. The van der Waals surface area contributed by atoms with Crippen molar-refractivity contribution in [3.8, 4) is 6.07 Å². The molecule has 0 radical (unpaired) electrons. The molecule has 0 bridgehead atoms. The number of nitrogens with zero attached hydrogens (tertiary/aromatic N) is 1. The number of ether oxygens (including phenoxy) is 1. The highest BCUT2D eigenvalue weighted by molar-refractivity contribution is 5.04. The first-order chi connectivity index (χ1) is 9.47. The fourth-order valence-corrected chi connectivity index (χ4v) is 3.14. The third-order valence-electron chi connectivity index (χ3n) is 4.29. The largest absolute Gasteiger partial charge is 0.378 e. The van der Waals surface area contributed by atoms with E-state index in [0.717, 1.165) is 31.8 Å². The van der Waals surface area contributed by atoms with E-state index in [-0.39, 0.29) is 0 Å². The number of nitriles is 1. The van der Waals surface area contributed by atoms with Crippen LogP contribution in [0.1, 0.15) is 72.6 Å². The second kappa shape index (κ2) is 8.64. The molecule has 3 nitrogen and oxygen atoms in total. The monoisotopic (exact) mass is 280 g/mol. The Balaban J connectivity index is 2.16. The van der Waals surface area contributed by atoms with E-state index in [1.165, 1.54) is 25.7 Å². The average molecular weight is 280 g/mol. The Kier molecular flexibility index (Phi) is 7.55. The molecule has 1 saturated carbocycles. The van der Waals surface area contributed by atoms with Crippen molar-refractivity contribution < 1.29 is 4.74 Å². The summed E-state index contributed by atoms with van der Waals surface area (Å²) >= 11 is 0. The van der Waals surface area contributed by atoms with Crippen LogP contribution in [-0.2, 0) is 4.74 Å². The molecular weight excluding hydrogens is 248 g/mol. The van der Waals surface area contributed by atoms with E-state index >= 15 is 0 Å². The number of nitrogens with one attached hydrogen (secondary N) is 1. The first-order valence-corrected chi connectivity index (χ1v) is 8.27. The molecule has 0 spiro atoms. The van der Waals surface area contributed by atoms with E-state index < -0.39 is 5.54 Å². The lowest BCUT2D eigenvalue weighted by atomic mass is 9.88. The summed E-state index contributed by atoms with van der Waals surface area (Å²) in [4.78, 5) is 0. The van der Waals surface area contributed by atoms with Crippen molar-refractivity contribution in [3.05, 3.63) is 0 Å². The lowest BCUT2D eigenvalue weighted by molar-refractivity contribution is -0.00683. The van der Waals surface area contributed by atoms with Gasteiger partial charge in [-0.1, -0.05) is 19.8 Å². The van der Waals surface area contributed by atoms with Gasteiger partial charge in [0.2, 0.25) is 0 Å². The number of rotatable bonds is 8. The van der Waals surface area contributed by atoms with Crippen LogP contribution in [0.2, 0.25) is 0 Å². The zero-order chi connectivity index (χ0) is 15.0. The van der Waals surface area contributed by atoms with E-state index in [1.807, 2.05) is 6.92 Å². The SMILES string of the molecule is CC(C)NC(C)(C#N)CCCCOC1CCCCC1C. The molecule has 3 heteroatoms. The minimum Gasteiger partial charge on any atom is -0.378 e. The highest BCUT2D eigenvalue weighted by Gasteiger charge is 2.24. The third kappa shape index (κ3) is 6.24. The first-order valence-electron chi connectivity index (χ1n) is 8.27. The molecule has 1 N–H and O–H groups in total. The molecule has 0 heterocycles. The van der Waals surface area contributed by atoms with E-state index in [9.17, 15) is 5.26 Å². The fraction of sp³-hybridized carbons (Fsp3) is 0.941. The summed E-state index contributed by atoms with van der Waals surface area (Å²) in [6.07, 6.45) is 8.69. The van der Waals surface area contributed by atoms with E-state index in [4.69, 9.17) is 4.74 Å². The van der Waals surface area contributed by atoms with Gasteiger partial charge in [0.1, 0.15) is 5.54 Å². The van der Waals surface area contributed by atoms with Crippen molar-refractivity contribution in [3.63, 3.8) is 0 Å². The van der Waals surface area contributed by atoms with Crippen LogP contribution in [0.4, 0.5) is 0 Å². The standard InChI is InChI=1S/C17H32N2O/c1-14(2)19-17(4,13-18)11-7-8-12-20-16-10-6-5-9-15(16)3/h14-16,19H,5-12H2,1-4H3. The Morgan fingerprint density at radius 3 is 2.60 bits per heavy atom. The predicted octanol–water partition coefficient (Wildman–Crippen LogP) is 4.03. The lowest BCUT2D eigenvalue weighted by Gasteiger charge is -2.29. The summed E-state index contributed by atoms with van der Waals surface area (Å²) < 4.78 is 6.02. The Morgan fingerprint density at radius 1 is 1.30 bits per heavy atom. The van der Waals surface area contributed by atoms with E-state index in [1.54, 1.807) is 0 Å². The zero-order valence-corrected chi connectivity index (χ0v) is 13.7. The molecule has 3 unspecified atom stereocenters. The van der Waals surface area contributed by atoms with Gasteiger partial charge < -0.3 is 4.74 Å². The van der Waals surface area contributed by atoms with Crippen LogP contribution >= 0.6 is 0 Å². The molecule has 1 aliphatic rings. The summed E-state index contributed by atoms with van der Waals surface area (Å²) in [5.41, 5.74) is -0.397. The van der Waals surface area contributed by atoms with Gasteiger partial charge in [0.25, 0.3) is 0 Å². The van der Waals surface area contributed by atoms with Gasteiger partial charge in [0.15, 0.2) is 0 Å². The molecule has 3 atom stereocenters. The van der Waals surface area contributed by atoms with Gasteiger partial charge in [-0.3, -0.25) is 5.32 Å². The van der Waals surface area contributed by atoms with Gasteiger partial charge in [0, 0.05) is 12.6 Å². The summed E-state index contributed by atoms with van der Waals surface area (Å²) in [6.45, 7) is 9.32. The molecule has 1 rings (SSSR count). The molecule has 20 heavy (non-hydrogen) atoms. The van der Waals surface area contributed by atoms with E-state index in [0.29, 0.717) is 12.1 Å². The van der Waals surface area contributed by atoms with Crippen LogP contribution in [0, 0.1) is 17.2 Å². The Bertz CT molecular complexity index is 311. The van der Waals surface area contributed by atoms with Crippen molar-refractivity contribution in [2.75, 3.05) is 6.61 Å². The van der Waals surface area contributed by atoms with Crippen LogP contribution in [-0.4, -0.2) is 24.3 Å². The van der Waals surface area contributed by atoms with Crippen LogP contribution in [0.3, 0.4) is 0 Å². The Hall–Kier alpha value is -0.590. The van der Waals surface area contributed by atoms with Crippen molar-refractivity contribution in [1.29, 1.82) is 5.26 Å². The Labute approximate surface area is 125 Å². The minimum atomic E-state index is -0.397. The molecule has 0 saturated heterocycles. The molecule has 0 aromatic carbocycles. The second-order valence-electron chi connectivity index (χ2n) is 6.87. The number of hydrogen-bond acceptors (Lipinski definition) is 3. The molecule has 0 aliphatic heterocycles. The van der Waals surface area contributed by atoms with Gasteiger partial charge in [-0.05, 0) is 58.8 Å². The molecule has 1 aliphatic carbocycles. The van der Waals surface area contributed by atoms with Gasteiger partial charge in [-0.25, -0.2) is 0 Å². The van der Waals surface area contributed by atoms with Gasteiger partial charge in [-0.2, -0.15) is 5.26 Å². The first kappa shape index (κ1) is 17.5. The minimum absolute atomic E-state index is 0.346. The summed E-state index contributed by atoms with van der Waals surface area (Å²) in [5, 5.41) is 12.6. The maximum absolute atomic E-state index is 9.29. The van der Waals surface area contributed by atoms with Crippen LogP contribution in [0.15, 0.2) is 0 Å². The van der Waals surface area contributed by atoms with Gasteiger partial charge in [0.05, 0.1) is 12.2 Å². The van der Waals surface area contributed by atoms with Crippen molar-refractivity contribution in [2.24, 2.45) is 5.92 Å². The normalized spacial score (nSPS) is 26.2. The van der Waals surface area contributed by atoms with Crippen LogP contribution < -0.4 is 5.32 Å². The summed E-state index contributed by atoms with van der Waals surface area (Å²) in [7, 11) is 0. The van der Waals surface area contributed by atoms with E-state index in [2.05, 4.69) is 32.2 Å². The van der Waals surface area contributed by atoms with Crippen LogP contribution in [0.25, 0.3) is 0 Å². The molecule has 116 valence electrons. The molecule has 0 amide bonds. The molecule has 0 aromatic rings. The average Bonchev–Trinajstić information content (AvgIpc) is 2.39. The lowest BCUT2D eigenvalue weighted by Crippen LogP contribution is -2.44. The maximum Gasteiger partial charge on any atom is 0.104 e. The van der Waals surface area contributed by atoms with Crippen LogP contribution in [0.5, 0.6) is 0 Å². The van der Waals surface area contributed by atoms with Crippen molar-refractivity contribution in [2.45, 2.75) is 90.3 Å². The quantitative estimate of drug-likeness (QED) is 0.683. The van der Waals surface area contributed by atoms with Crippen molar-refractivity contribution >= 4 is 0 Å². The highest BCUT2D eigenvalue weighted by Crippen LogP contribution is 2.26. The smallest absolute Gasteiger partial charge is 0.104 e. The number of unbranched alkanes of at least 4 members (excludes halogenated alkanes) is 1. The fourth-order valence-electron chi connectivity index (χ4n) is 3.14. The molecule has 1 fully saturated rings. The third-order valence-corrected chi connectivity index (χ3v) is 4.29. The zero-order valence-electron chi connectivity index (χ0n) is 13.7. The summed E-state index contributed by atoms with van der Waals surface area (Å²) in [6, 6.07) is 2.75. The van der Waals surface area contributed by atoms with Gasteiger partial charge >= 0.3 is 0 Å². The molecule has 0 aromatic heterocycles. The maximum atomic E-state index is 9.29. The molecular formula is C17H32N2O. The summed E-state index contributed by atoms with van der Waals surface area (Å²) in [5.74, 6) is 0.718. The topological polar surface area (TPSA) is 45.0 Å². The van der Waals surface area contributed by atoms with Gasteiger partial charge in [-0.15, -0.1) is 0 Å². The number of hydrogen-bond donors (Lipinski definition) is 1. The predicted molar refractivity (Wildman–Crippen MR) is 83.5 cm³/mol. The Morgan fingerprint density at radius 2 is 2.00 bits per heavy atom.